The average molecular weight is 537 g/mol. The number of fused-ring (bicyclic) bond motifs is 1. The third-order valence-corrected chi connectivity index (χ3v) is 6.73. The Morgan fingerprint density at radius 2 is 1.74 bits per heavy atom. The molecule has 1 aliphatic rings. The van der Waals surface area contributed by atoms with Crippen molar-refractivity contribution in [2.75, 3.05) is 20.3 Å². The molecule has 9 nitrogen and oxygen atoms in total. The number of carbonyl (C=O) groups excluding carboxylic acids is 2. The highest BCUT2D eigenvalue weighted by Gasteiger charge is 2.33. The molecule has 0 amide bonds. The van der Waals surface area contributed by atoms with Crippen molar-refractivity contribution in [1.82, 2.24) is 4.57 Å². The van der Waals surface area contributed by atoms with Gasteiger partial charge in [0.25, 0.3) is 5.56 Å². The summed E-state index contributed by atoms with van der Waals surface area (Å²) in [5.41, 5.74) is 1.83. The largest absolute Gasteiger partial charge is 0.490 e. The molecule has 198 valence electrons. The Kier molecular flexibility index (Phi) is 8.11. The number of nitrogens with zero attached hydrogens (tertiary/aromatic N) is 2. The number of rotatable bonds is 8. The van der Waals surface area contributed by atoms with Crippen LogP contribution in [0.1, 0.15) is 44.9 Å². The highest BCUT2D eigenvalue weighted by molar-refractivity contribution is 7.07. The number of aromatic nitrogens is 1. The van der Waals surface area contributed by atoms with Crippen molar-refractivity contribution in [3.05, 3.63) is 84.5 Å². The highest BCUT2D eigenvalue weighted by Crippen LogP contribution is 2.36. The molecular formula is C28H28N2O7S. The third kappa shape index (κ3) is 5.40. The molecule has 38 heavy (non-hydrogen) atoms. The van der Waals surface area contributed by atoms with Gasteiger partial charge in [-0.1, -0.05) is 29.5 Å². The molecule has 0 aliphatic carbocycles. The molecule has 3 aromatic rings. The zero-order chi connectivity index (χ0) is 27.4. The van der Waals surface area contributed by atoms with Gasteiger partial charge in [0.1, 0.15) is 5.75 Å². The van der Waals surface area contributed by atoms with Crippen molar-refractivity contribution < 1.29 is 28.5 Å². The van der Waals surface area contributed by atoms with E-state index in [-0.39, 0.29) is 11.1 Å². The van der Waals surface area contributed by atoms with Gasteiger partial charge >= 0.3 is 11.9 Å². The molecule has 1 atom stereocenters. The molecule has 10 heteroatoms. The number of hydrogen-bond donors (Lipinski definition) is 0. The lowest BCUT2D eigenvalue weighted by molar-refractivity contribution is -0.136. The summed E-state index contributed by atoms with van der Waals surface area (Å²) < 4.78 is 23.6. The van der Waals surface area contributed by atoms with Crippen LogP contribution in [0.5, 0.6) is 17.2 Å². The third-order valence-electron chi connectivity index (χ3n) is 5.75. The van der Waals surface area contributed by atoms with Gasteiger partial charge in [0.05, 0.1) is 42.2 Å². The minimum Gasteiger partial charge on any atom is -0.490 e. The van der Waals surface area contributed by atoms with Crippen LogP contribution < -0.4 is 29.1 Å². The van der Waals surface area contributed by atoms with Gasteiger partial charge in [-0.3, -0.25) is 14.2 Å². The first kappa shape index (κ1) is 26.9. The number of allylic oxidation sites excluding steroid dienone is 1. The normalized spacial score (nSPS) is 15.0. The van der Waals surface area contributed by atoms with Gasteiger partial charge in [-0.05, 0) is 62.2 Å². The lowest BCUT2D eigenvalue weighted by Crippen LogP contribution is -2.39. The second-order valence-corrected chi connectivity index (χ2v) is 9.32. The Labute approximate surface area is 223 Å². The predicted octanol–water partition coefficient (Wildman–Crippen LogP) is 3.13. The Bertz CT molecular complexity index is 1580. The summed E-state index contributed by atoms with van der Waals surface area (Å²) in [6, 6.07) is 11.4. The first-order valence-electron chi connectivity index (χ1n) is 12.1. The van der Waals surface area contributed by atoms with Crippen LogP contribution in [0.3, 0.4) is 0 Å². The van der Waals surface area contributed by atoms with E-state index in [1.54, 1.807) is 49.4 Å². The van der Waals surface area contributed by atoms with Gasteiger partial charge in [-0.15, -0.1) is 0 Å². The summed E-state index contributed by atoms with van der Waals surface area (Å²) in [5, 5.41) is 0. The van der Waals surface area contributed by atoms with Gasteiger partial charge < -0.3 is 18.9 Å². The van der Waals surface area contributed by atoms with Crippen molar-refractivity contribution in [2.24, 2.45) is 4.99 Å². The molecule has 4 rings (SSSR count). The topological polar surface area (TPSA) is 105 Å². The van der Waals surface area contributed by atoms with Crippen LogP contribution in [-0.2, 0) is 14.3 Å². The van der Waals surface area contributed by atoms with Gasteiger partial charge in [0.2, 0.25) is 0 Å². The number of carbonyl (C=O) groups is 2. The van der Waals surface area contributed by atoms with Gasteiger partial charge in [0.15, 0.2) is 16.3 Å². The standard InChI is InChI=1S/C28H28N2O7S/c1-6-35-21-13-10-19(15-22(21)36-7-2)25-24(27(33)34-5)16(3)29-28-30(25)26(32)23(38-28)14-18-8-11-20(12-9-18)37-17(4)31/h8-15,25H,6-7H2,1-5H3. The number of methoxy groups -OCH3 is 1. The van der Waals surface area contributed by atoms with Crippen LogP contribution >= 0.6 is 11.3 Å². The van der Waals surface area contributed by atoms with E-state index in [9.17, 15) is 14.4 Å². The molecule has 0 spiro atoms. The highest BCUT2D eigenvalue weighted by atomic mass is 32.1. The zero-order valence-corrected chi connectivity index (χ0v) is 22.6. The Balaban J connectivity index is 1.88. The number of esters is 2. The summed E-state index contributed by atoms with van der Waals surface area (Å²) >= 11 is 1.22. The van der Waals surface area contributed by atoms with E-state index in [2.05, 4.69) is 4.99 Å². The number of hydrogen-bond acceptors (Lipinski definition) is 9. The number of ether oxygens (including phenoxy) is 4. The Morgan fingerprint density at radius 3 is 2.37 bits per heavy atom. The molecule has 0 radical (unpaired) electrons. The SMILES string of the molecule is CCOc1ccc(C2C(C(=O)OC)=C(C)N=c3sc(=Cc4ccc(OC(C)=O)cc4)c(=O)n32)cc1OCC. The lowest BCUT2D eigenvalue weighted by Gasteiger charge is -2.25. The summed E-state index contributed by atoms with van der Waals surface area (Å²) in [4.78, 5) is 42.9. The van der Waals surface area contributed by atoms with Crippen LogP contribution in [0, 0.1) is 0 Å². The van der Waals surface area contributed by atoms with Crippen LogP contribution in [0.15, 0.2) is 63.5 Å². The van der Waals surface area contributed by atoms with E-state index >= 15 is 0 Å². The number of benzene rings is 2. The predicted molar refractivity (Wildman–Crippen MR) is 142 cm³/mol. The molecular weight excluding hydrogens is 508 g/mol. The smallest absolute Gasteiger partial charge is 0.338 e. The van der Waals surface area contributed by atoms with E-state index in [1.165, 1.54) is 29.9 Å². The molecule has 1 unspecified atom stereocenters. The maximum Gasteiger partial charge on any atom is 0.338 e. The molecule has 0 N–H and O–H groups in total. The summed E-state index contributed by atoms with van der Waals surface area (Å²) in [6.45, 7) is 7.69. The molecule has 2 aromatic carbocycles. The van der Waals surface area contributed by atoms with E-state index in [0.717, 1.165) is 5.56 Å². The Hall–Kier alpha value is -4.18. The summed E-state index contributed by atoms with van der Waals surface area (Å²) in [5.74, 6) is 0.516. The van der Waals surface area contributed by atoms with Crippen molar-refractivity contribution in [3.63, 3.8) is 0 Å². The second-order valence-electron chi connectivity index (χ2n) is 8.31. The van der Waals surface area contributed by atoms with Crippen LogP contribution in [-0.4, -0.2) is 36.8 Å². The van der Waals surface area contributed by atoms with Crippen LogP contribution in [0.4, 0.5) is 0 Å². The molecule has 2 heterocycles. The van der Waals surface area contributed by atoms with Crippen molar-refractivity contribution in [2.45, 2.75) is 33.7 Å². The Morgan fingerprint density at radius 1 is 1.05 bits per heavy atom. The number of thiazole rings is 1. The molecule has 0 saturated carbocycles. The maximum atomic E-state index is 13.7. The van der Waals surface area contributed by atoms with Crippen molar-refractivity contribution >= 4 is 29.4 Å². The van der Waals surface area contributed by atoms with Gasteiger partial charge in [0, 0.05) is 6.92 Å². The first-order chi connectivity index (χ1) is 18.3. The zero-order valence-electron chi connectivity index (χ0n) is 21.8. The minimum atomic E-state index is -0.776. The second kappa shape index (κ2) is 11.5. The van der Waals surface area contributed by atoms with Gasteiger partial charge in [-0.2, -0.15) is 0 Å². The molecule has 0 bridgehead atoms. The molecule has 0 fully saturated rings. The average Bonchev–Trinajstić information content (AvgIpc) is 3.19. The molecule has 1 aromatic heterocycles. The van der Waals surface area contributed by atoms with Crippen LogP contribution in [0.25, 0.3) is 6.08 Å². The lowest BCUT2D eigenvalue weighted by atomic mass is 9.95. The van der Waals surface area contributed by atoms with Crippen LogP contribution in [0.2, 0.25) is 0 Å². The fraction of sp³-hybridized carbons (Fsp3) is 0.286. The van der Waals surface area contributed by atoms with E-state index in [0.29, 0.717) is 51.1 Å². The van der Waals surface area contributed by atoms with Crippen molar-refractivity contribution in [1.29, 1.82) is 0 Å². The van der Waals surface area contributed by atoms with Gasteiger partial charge in [-0.25, -0.2) is 9.79 Å². The maximum absolute atomic E-state index is 13.7. The monoisotopic (exact) mass is 536 g/mol. The van der Waals surface area contributed by atoms with E-state index < -0.39 is 18.0 Å². The fourth-order valence-corrected chi connectivity index (χ4v) is 5.24. The quantitative estimate of drug-likeness (QED) is 0.322. The fourth-order valence-electron chi connectivity index (χ4n) is 4.20. The first-order valence-corrected chi connectivity index (χ1v) is 12.9. The molecule has 0 saturated heterocycles. The van der Waals surface area contributed by atoms with Crippen molar-refractivity contribution in [3.8, 4) is 17.2 Å². The van der Waals surface area contributed by atoms with E-state index in [4.69, 9.17) is 18.9 Å². The minimum absolute atomic E-state index is 0.267. The summed E-state index contributed by atoms with van der Waals surface area (Å²) in [7, 11) is 1.30. The molecule has 1 aliphatic heterocycles. The summed E-state index contributed by atoms with van der Waals surface area (Å²) in [6.07, 6.45) is 1.74. The van der Waals surface area contributed by atoms with E-state index in [1.807, 2.05) is 19.9 Å².